The Balaban J connectivity index is 2.30. The second kappa shape index (κ2) is 6.43. The minimum absolute atomic E-state index is 0.322. The van der Waals surface area contributed by atoms with Crippen LogP contribution in [0.25, 0.3) is 0 Å². The van der Waals surface area contributed by atoms with Crippen molar-refractivity contribution in [3.05, 3.63) is 51.5 Å². The second-order valence-electron chi connectivity index (χ2n) is 4.06. The maximum absolute atomic E-state index is 6.22. The molecule has 0 atom stereocenters. The van der Waals surface area contributed by atoms with Crippen molar-refractivity contribution >= 4 is 56.1 Å². The van der Waals surface area contributed by atoms with Crippen LogP contribution in [0.2, 0.25) is 5.02 Å². The molecule has 0 aliphatic heterocycles. The maximum Gasteiger partial charge on any atom is 0.122 e. The summed E-state index contributed by atoms with van der Waals surface area (Å²) in [5.74, 6) is 0.748. The summed E-state index contributed by atoms with van der Waals surface area (Å²) in [6, 6.07) is 11.1. The molecule has 20 heavy (non-hydrogen) atoms. The van der Waals surface area contributed by atoms with Crippen LogP contribution in [0.5, 0.6) is 5.75 Å². The van der Waals surface area contributed by atoms with Crippen molar-refractivity contribution in [3.8, 4) is 5.75 Å². The Hall–Kier alpha value is -1.30. The number of benzene rings is 2. The first-order valence-corrected chi connectivity index (χ1v) is 7.28. The molecule has 2 aromatic carbocycles. The third-order valence-electron chi connectivity index (χ3n) is 2.64. The van der Waals surface area contributed by atoms with Crippen LogP contribution in [0.3, 0.4) is 0 Å². The van der Waals surface area contributed by atoms with Crippen molar-refractivity contribution in [1.29, 1.82) is 0 Å². The third kappa shape index (κ3) is 3.62. The Kier molecular flexibility index (Phi) is 4.86. The number of thiocarbonyl (C=S) groups is 1. The average Bonchev–Trinajstić information content (AvgIpc) is 2.40. The van der Waals surface area contributed by atoms with Gasteiger partial charge in [0.15, 0.2) is 0 Å². The van der Waals surface area contributed by atoms with Crippen molar-refractivity contribution in [2.75, 3.05) is 12.4 Å². The summed E-state index contributed by atoms with van der Waals surface area (Å²) in [4.78, 5) is 0.322. The third-order valence-corrected chi connectivity index (χ3v) is 3.65. The molecule has 104 valence electrons. The van der Waals surface area contributed by atoms with Gasteiger partial charge in [-0.25, -0.2) is 0 Å². The van der Waals surface area contributed by atoms with Crippen LogP contribution in [-0.2, 0) is 0 Å². The summed E-state index contributed by atoms with van der Waals surface area (Å²) in [6.07, 6.45) is 0. The highest BCUT2D eigenvalue weighted by Crippen LogP contribution is 2.30. The quantitative estimate of drug-likeness (QED) is 0.777. The highest BCUT2D eigenvalue weighted by atomic mass is 79.9. The molecule has 0 radical (unpaired) electrons. The van der Waals surface area contributed by atoms with Gasteiger partial charge in [0.05, 0.1) is 17.8 Å². The minimum Gasteiger partial charge on any atom is -0.497 e. The topological polar surface area (TPSA) is 47.3 Å². The van der Waals surface area contributed by atoms with E-state index in [1.807, 2.05) is 30.3 Å². The van der Waals surface area contributed by atoms with Gasteiger partial charge in [-0.15, -0.1) is 0 Å². The molecule has 0 unspecified atom stereocenters. The number of nitrogens with two attached hydrogens (primary N) is 1. The van der Waals surface area contributed by atoms with E-state index in [1.54, 1.807) is 13.2 Å². The van der Waals surface area contributed by atoms with Gasteiger partial charge in [0.25, 0.3) is 0 Å². The lowest BCUT2D eigenvalue weighted by Gasteiger charge is -2.11. The first kappa shape index (κ1) is 15.1. The highest BCUT2D eigenvalue weighted by Gasteiger charge is 2.06. The lowest BCUT2D eigenvalue weighted by Crippen LogP contribution is -2.09. The van der Waals surface area contributed by atoms with Crippen molar-refractivity contribution in [1.82, 2.24) is 0 Å². The van der Waals surface area contributed by atoms with Crippen molar-refractivity contribution in [3.63, 3.8) is 0 Å². The Morgan fingerprint density at radius 1 is 1.30 bits per heavy atom. The van der Waals surface area contributed by atoms with Gasteiger partial charge in [0.1, 0.15) is 10.7 Å². The fraction of sp³-hybridized carbons (Fsp3) is 0.0714. The van der Waals surface area contributed by atoms with Crippen molar-refractivity contribution in [2.24, 2.45) is 5.73 Å². The molecule has 0 bridgehead atoms. The molecule has 0 saturated heterocycles. The molecule has 0 spiro atoms. The fourth-order valence-corrected chi connectivity index (χ4v) is 2.50. The molecule has 2 rings (SSSR count). The summed E-state index contributed by atoms with van der Waals surface area (Å²) in [5, 5.41) is 3.78. The molecule has 0 heterocycles. The predicted molar refractivity (Wildman–Crippen MR) is 91.3 cm³/mol. The maximum atomic E-state index is 6.22. The molecular weight excluding hydrogens is 360 g/mol. The highest BCUT2D eigenvalue weighted by molar-refractivity contribution is 9.10. The first-order chi connectivity index (χ1) is 9.49. The molecule has 0 saturated carbocycles. The van der Waals surface area contributed by atoms with E-state index in [9.17, 15) is 0 Å². The van der Waals surface area contributed by atoms with Gasteiger partial charge in [-0.1, -0.05) is 39.7 Å². The van der Waals surface area contributed by atoms with Gasteiger partial charge in [-0.2, -0.15) is 0 Å². The number of rotatable bonds is 4. The van der Waals surface area contributed by atoms with Crippen molar-refractivity contribution < 1.29 is 4.74 Å². The average molecular weight is 372 g/mol. The zero-order valence-corrected chi connectivity index (χ0v) is 13.8. The Morgan fingerprint density at radius 3 is 2.65 bits per heavy atom. The standard InChI is InChI=1S/C14H12BrClN2OS/c1-19-11-6-9(15)5-10(7-11)18-13-3-2-8(14(17)20)4-12(13)16/h2-7,18H,1H3,(H2,17,20). The molecule has 0 aliphatic carbocycles. The summed E-state index contributed by atoms with van der Waals surface area (Å²) in [5.41, 5.74) is 7.94. The van der Waals surface area contributed by atoms with Crippen LogP contribution >= 0.6 is 39.7 Å². The van der Waals surface area contributed by atoms with Crippen molar-refractivity contribution in [2.45, 2.75) is 0 Å². The van der Waals surface area contributed by atoms with E-state index in [1.165, 1.54) is 0 Å². The smallest absolute Gasteiger partial charge is 0.122 e. The van der Waals surface area contributed by atoms with E-state index in [0.29, 0.717) is 10.0 Å². The second-order valence-corrected chi connectivity index (χ2v) is 5.83. The van der Waals surface area contributed by atoms with Crippen LogP contribution in [0.4, 0.5) is 11.4 Å². The van der Waals surface area contributed by atoms with Gasteiger partial charge in [0.2, 0.25) is 0 Å². The van der Waals surface area contributed by atoms with E-state index in [2.05, 4.69) is 21.2 Å². The number of anilines is 2. The Bertz CT molecular complexity index is 664. The monoisotopic (exact) mass is 370 g/mol. The number of hydrogen-bond donors (Lipinski definition) is 2. The van der Waals surface area contributed by atoms with E-state index < -0.39 is 0 Å². The van der Waals surface area contributed by atoms with Gasteiger partial charge in [-0.3, -0.25) is 0 Å². The minimum atomic E-state index is 0.322. The van der Waals surface area contributed by atoms with Crippen LogP contribution in [-0.4, -0.2) is 12.1 Å². The Morgan fingerprint density at radius 2 is 2.05 bits per heavy atom. The predicted octanol–water partition coefficient (Wildman–Crippen LogP) is 4.49. The van der Waals surface area contributed by atoms with E-state index >= 15 is 0 Å². The molecule has 0 aliphatic rings. The number of ether oxygens (including phenoxy) is 1. The molecular formula is C14H12BrClN2OS. The van der Waals surface area contributed by atoms with E-state index in [4.69, 9.17) is 34.3 Å². The summed E-state index contributed by atoms with van der Waals surface area (Å²) in [7, 11) is 1.62. The van der Waals surface area contributed by atoms with Gasteiger partial charge >= 0.3 is 0 Å². The molecule has 0 amide bonds. The Labute approximate surface area is 136 Å². The van der Waals surface area contributed by atoms with Gasteiger partial charge in [0, 0.05) is 21.8 Å². The molecule has 3 nitrogen and oxygen atoms in total. The van der Waals surface area contributed by atoms with Crippen LogP contribution in [0.1, 0.15) is 5.56 Å². The van der Waals surface area contributed by atoms with E-state index in [0.717, 1.165) is 27.2 Å². The number of nitrogens with one attached hydrogen (secondary N) is 1. The zero-order valence-electron chi connectivity index (χ0n) is 10.6. The lowest BCUT2D eigenvalue weighted by molar-refractivity contribution is 0.415. The summed E-state index contributed by atoms with van der Waals surface area (Å²) in [6.45, 7) is 0. The molecule has 0 aromatic heterocycles. The number of methoxy groups -OCH3 is 1. The van der Waals surface area contributed by atoms with Crippen LogP contribution in [0.15, 0.2) is 40.9 Å². The fourth-order valence-electron chi connectivity index (χ4n) is 1.68. The molecule has 0 fully saturated rings. The molecule has 6 heteroatoms. The zero-order chi connectivity index (χ0) is 14.7. The largest absolute Gasteiger partial charge is 0.497 e. The SMILES string of the molecule is COc1cc(Br)cc(Nc2ccc(C(N)=S)cc2Cl)c1. The van der Waals surface area contributed by atoms with Gasteiger partial charge in [-0.05, 0) is 30.3 Å². The number of halogens is 2. The normalized spacial score (nSPS) is 10.2. The lowest BCUT2D eigenvalue weighted by atomic mass is 10.2. The summed E-state index contributed by atoms with van der Waals surface area (Å²) >= 11 is 14.6. The molecule has 2 aromatic rings. The molecule has 3 N–H and O–H groups in total. The van der Waals surface area contributed by atoms with E-state index in [-0.39, 0.29) is 0 Å². The van der Waals surface area contributed by atoms with Gasteiger partial charge < -0.3 is 15.8 Å². The number of hydrogen-bond acceptors (Lipinski definition) is 3. The van der Waals surface area contributed by atoms with Crippen LogP contribution < -0.4 is 15.8 Å². The summed E-state index contributed by atoms with van der Waals surface area (Å²) < 4.78 is 6.13. The van der Waals surface area contributed by atoms with Crippen LogP contribution in [0, 0.1) is 0 Å². The first-order valence-electron chi connectivity index (χ1n) is 5.70.